The predicted molar refractivity (Wildman–Crippen MR) is 114 cm³/mol. The van der Waals surface area contributed by atoms with Crippen LogP contribution >= 0.6 is 0 Å². The van der Waals surface area contributed by atoms with Gasteiger partial charge in [0.15, 0.2) is 0 Å². The highest BCUT2D eigenvalue weighted by atomic mass is 16.5. The average Bonchev–Trinajstić information content (AvgIpc) is 3.02. The molecule has 6 nitrogen and oxygen atoms in total. The summed E-state index contributed by atoms with van der Waals surface area (Å²) in [5, 5.41) is 11.1. The molecule has 1 N–H and O–H groups in total. The zero-order chi connectivity index (χ0) is 21.7. The minimum absolute atomic E-state index is 0.0778. The van der Waals surface area contributed by atoms with Crippen molar-refractivity contribution in [2.45, 2.75) is 26.3 Å². The number of ether oxygens (including phenoxy) is 2. The molecule has 1 aliphatic heterocycles. The maximum atomic E-state index is 12.9. The molecule has 3 rings (SSSR count). The molecule has 0 radical (unpaired) electrons. The molecule has 1 saturated heterocycles. The van der Waals surface area contributed by atoms with Crippen LogP contribution in [0.15, 0.2) is 54.1 Å². The van der Waals surface area contributed by atoms with E-state index in [-0.39, 0.29) is 24.5 Å². The molecular weight excluding hydrogens is 382 g/mol. The van der Waals surface area contributed by atoms with Crippen LogP contribution in [0.4, 0.5) is 0 Å². The van der Waals surface area contributed by atoms with Crippen molar-refractivity contribution in [2.24, 2.45) is 0 Å². The third-order valence-electron chi connectivity index (χ3n) is 5.20. The number of hydrogen-bond donors (Lipinski definition) is 1. The Kier molecular flexibility index (Phi) is 6.90. The number of nitrogens with zero attached hydrogens (tertiary/aromatic N) is 1. The molecular formula is C24H27NO5. The molecule has 30 heavy (non-hydrogen) atoms. The lowest BCUT2D eigenvalue weighted by molar-refractivity contribution is -0.140. The second kappa shape index (κ2) is 9.59. The number of ketones is 1. The summed E-state index contributed by atoms with van der Waals surface area (Å²) in [5.41, 5.74) is 2.43. The van der Waals surface area contributed by atoms with Gasteiger partial charge in [0.05, 0.1) is 24.8 Å². The van der Waals surface area contributed by atoms with Crippen LogP contribution in [0.5, 0.6) is 5.75 Å². The molecule has 1 fully saturated rings. The van der Waals surface area contributed by atoms with Gasteiger partial charge < -0.3 is 19.5 Å². The lowest BCUT2D eigenvalue weighted by Crippen LogP contribution is -2.32. The summed E-state index contributed by atoms with van der Waals surface area (Å²) < 4.78 is 10.6. The summed E-state index contributed by atoms with van der Waals surface area (Å²) >= 11 is 0. The second-order valence-electron chi connectivity index (χ2n) is 7.04. The van der Waals surface area contributed by atoms with E-state index in [9.17, 15) is 14.7 Å². The van der Waals surface area contributed by atoms with Crippen molar-refractivity contribution in [3.05, 3.63) is 70.8 Å². The molecule has 0 bridgehead atoms. The molecule has 6 heteroatoms. The molecule has 0 aromatic heterocycles. The highest BCUT2D eigenvalue weighted by Crippen LogP contribution is 2.39. The van der Waals surface area contributed by atoms with Crippen molar-refractivity contribution in [3.63, 3.8) is 0 Å². The van der Waals surface area contributed by atoms with Crippen LogP contribution in [0, 0.1) is 0 Å². The lowest BCUT2D eigenvalue weighted by atomic mass is 9.94. The van der Waals surface area contributed by atoms with Crippen LogP contribution in [-0.2, 0) is 20.7 Å². The quantitative estimate of drug-likeness (QED) is 0.409. The molecule has 158 valence electrons. The zero-order valence-electron chi connectivity index (χ0n) is 17.6. The molecule has 1 heterocycles. The number of Topliss-reactive ketones (excluding diaryl/α,β-unsaturated/α-hetero) is 1. The summed E-state index contributed by atoms with van der Waals surface area (Å²) in [4.78, 5) is 27.2. The number of aryl methyl sites for hydroxylation is 1. The number of rotatable bonds is 8. The Bertz CT molecular complexity index is 948. The number of likely N-dealkylation sites (tertiary alicyclic amines) is 1. The highest BCUT2D eigenvalue weighted by molar-refractivity contribution is 6.46. The number of carbonyl (C=O) groups is 2. The fourth-order valence-corrected chi connectivity index (χ4v) is 3.64. The first-order valence-corrected chi connectivity index (χ1v) is 10.1. The van der Waals surface area contributed by atoms with Crippen LogP contribution in [0.1, 0.15) is 36.6 Å². The van der Waals surface area contributed by atoms with Crippen molar-refractivity contribution in [1.29, 1.82) is 0 Å². The van der Waals surface area contributed by atoms with Gasteiger partial charge in [-0.15, -0.1) is 0 Å². The van der Waals surface area contributed by atoms with E-state index >= 15 is 0 Å². The minimum Gasteiger partial charge on any atom is -0.507 e. The Labute approximate surface area is 176 Å². The topological polar surface area (TPSA) is 76.1 Å². The smallest absolute Gasteiger partial charge is 0.295 e. The fourth-order valence-electron chi connectivity index (χ4n) is 3.64. The van der Waals surface area contributed by atoms with Gasteiger partial charge in [0, 0.05) is 19.2 Å². The van der Waals surface area contributed by atoms with Crippen LogP contribution in [0.2, 0.25) is 0 Å². The predicted octanol–water partition coefficient (Wildman–Crippen LogP) is 3.72. The highest BCUT2D eigenvalue weighted by Gasteiger charge is 2.45. The van der Waals surface area contributed by atoms with Crippen LogP contribution < -0.4 is 4.74 Å². The number of hydrogen-bond acceptors (Lipinski definition) is 5. The molecule has 2 aromatic rings. The van der Waals surface area contributed by atoms with Gasteiger partial charge in [-0.25, -0.2) is 0 Å². The third kappa shape index (κ3) is 4.24. The first-order valence-electron chi connectivity index (χ1n) is 10.1. The van der Waals surface area contributed by atoms with E-state index in [1.165, 1.54) is 4.90 Å². The maximum Gasteiger partial charge on any atom is 0.295 e. The van der Waals surface area contributed by atoms with Crippen LogP contribution in [0.25, 0.3) is 5.76 Å². The summed E-state index contributed by atoms with van der Waals surface area (Å²) in [5.74, 6) is -0.965. The maximum absolute atomic E-state index is 12.9. The van der Waals surface area contributed by atoms with Crippen LogP contribution in [0.3, 0.4) is 0 Å². The standard InChI is InChI=1S/C24H27NO5/c1-4-16-9-11-17(12-10-16)21-20(23(27)24(28)25(21)13-14-29-3)22(26)18-7-6-8-19(15-18)30-5-2/h6-12,15,21,26H,4-5,13-14H2,1-3H3/b22-20+. The van der Waals surface area contributed by atoms with Gasteiger partial charge in [-0.1, -0.05) is 43.3 Å². The number of methoxy groups -OCH3 is 1. The van der Waals surface area contributed by atoms with E-state index in [2.05, 4.69) is 6.92 Å². The number of aliphatic hydroxyl groups is 1. The molecule has 1 amide bonds. The number of aliphatic hydroxyl groups excluding tert-OH is 1. The molecule has 1 unspecified atom stereocenters. The third-order valence-corrected chi connectivity index (χ3v) is 5.20. The summed E-state index contributed by atoms with van der Waals surface area (Å²) in [6.45, 7) is 4.95. The lowest BCUT2D eigenvalue weighted by Gasteiger charge is -2.25. The SMILES string of the molecule is CCOc1cccc(/C(O)=C2\C(=O)C(=O)N(CCOC)C2c2ccc(CC)cc2)c1. The normalized spacial score (nSPS) is 18.1. The first kappa shape index (κ1) is 21.6. The number of carbonyl (C=O) groups excluding carboxylic acids is 2. The van der Waals surface area contributed by atoms with Crippen LogP contribution in [-0.4, -0.2) is 48.6 Å². The Balaban J connectivity index is 2.12. The van der Waals surface area contributed by atoms with Gasteiger partial charge in [-0.2, -0.15) is 0 Å². The van der Waals surface area contributed by atoms with Gasteiger partial charge in [0.1, 0.15) is 11.5 Å². The second-order valence-corrected chi connectivity index (χ2v) is 7.04. The van der Waals surface area contributed by atoms with Gasteiger partial charge in [0.2, 0.25) is 0 Å². The van der Waals surface area contributed by atoms with E-state index in [0.29, 0.717) is 17.9 Å². The Hall–Kier alpha value is -3.12. The monoisotopic (exact) mass is 409 g/mol. The largest absolute Gasteiger partial charge is 0.507 e. The number of amides is 1. The van der Waals surface area contributed by atoms with Gasteiger partial charge in [-0.05, 0) is 36.6 Å². The van der Waals surface area contributed by atoms with Gasteiger partial charge in [0.25, 0.3) is 11.7 Å². The van der Waals surface area contributed by atoms with E-state index in [1.54, 1.807) is 31.4 Å². The Morgan fingerprint density at radius 1 is 1.10 bits per heavy atom. The summed E-state index contributed by atoms with van der Waals surface area (Å²) in [6, 6.07) is 13.9. The zero-order valence-corrected chi connectivity index (χ0v) is 17.6. The minimum atomic E-state index is -0.699. The van der Waals surface area contributed by atoms with Gasteiger partial charge >= 0.3 is 0 Å². The first-order chi connectivity index (χ1) is 14.5. The molecule has 0 spiro atoms. The van der Waals surface area contributed by atoms with Crippen molar-refractivity contribution >= 4 is 17.4 Å². The fraction of sp³-hybridized carbons (Fsp3) is 0.333. The summed E-state index contributed by atoms with van der Waals surface area (Å²) in [6.07, 6.45) is 0.883. The molecule has 2 aromatic carbocycles. The average molecular weight is 409 g/mol. The van der Waals surface area contributed by atoms with Crippen molar-refractivity contribution in [2.75, 3.05) is 26.9 Å². The van der Waals surface area contributed by atoms with Crippen molar-refractivity contribution in [1.82, 2.24) is 4.90 Å². The molecule has 0 aliphatic carbocycles. The van der Waals surface area contributed by atoms with E-state index < -0.39 is 17.7 Å². The number of benzene rings is 2. The van der Waals surface area contributed by atoms with E-state index in [0.717, 1.165) is 17.5 Å². The molecule has 1 atom stereocenters. The van der Waals surface area contributed by atoms with E-state index in [4.69, 9.17) is 9.47 Å². The Morgan fingerprint density at radius 3 is 2.47 bits per heavy atom. The molecule has 0 saturated carbocycles. The van der Waals surface area contributed by atoms with Crippen molar-refractivity contribution in [3.8, 4) is 5.75 Å². The molecule has 1 aliphatic rings. The summed E-state index contributed by atoms with van der Waals surface area (Å²) in [7, 11) is 1.54. The Morgan fingerprint density at radius 2 is 1.83 bits per heavy atom. The van der Waals surface area contributed by atoms with E-state index in [1.807, 2.05) is 31.2 Å². The van der Waals surface area contributed by atoms with Crippen molar-refractivity contribution < 1.29 is 24.2 Å². The van der Waals surface area contributed by atoms with Gasteiger partial charge in [-0.3, -0.25) is 9.59 Å².